The monoisotopic (exact) mass is 1680 g/mol. The molecule has 4 nitrogen and oxygen atoms in total. The third-order valence-electron chi connectivity index (χ3n) is 23.7. The Kier molecular flexibility index (Phi) is 18.3. The van der Waals surface area contributed by atoms with Gasteiger partial charge in [-0.3, -0.25) is 0 Å². The van der Waals surface area contributed by atoms with Gasteiger partial charge in [0.15, 0.2) is 0 Å². The van der Waals surface area contributed by atoms with E-state index < -0.39 is 29.2 Å². The maximum atomic E-state index is 6.44. The lowest BCUT2D eigenvalue weighted by Crippen LogP contribution is -2.41. The van der Waals surface area contributed by atoms with Gasteiger partial charge >= 0.3 is 7.12 Å². The zero-order chi connectivity index (χ0) is 75.9. The molecular weight excluding hydrogens is 1610 g/mol. The lowest BCUT2D eigenvalue weighted by Gasteiger charge is -2.34. The van der Waals surface area contributed by atoms with Gasteiger partial charge in [0.05, 0.1) is 44.1 Å². The van der Waals surface area contributed by atoms with Crippen LogP contribution in [0.25, 0.3) is 111 Å². The summed E-state index contributed by atoms with van der Waals surface area (Å²) in [6.45, 7) is 8.41. The Labute approximate surface area is 685 Å². The van der Waals surface area contributed by atoms with Crippen molar-refractivity contribution in [3.8, 4) is 67.0 Å². The van der Waals surface area contributed by atoms with Crippen LogP contribution < -0.4 is 5.46 Å². The van der Waals surface area contributed by atoms with Crippen LogP contribution in [-0.4, -0.2) is 27.5 Å². The van der Waals surface area contributed by atoms with E-state index in [1.807, 2.05) is 18.2 Å². The molecular formula is C104H76BBr2IN2O2. The molecule has 0 atom stereocenters. The topological polar surface area (TPSA) is 28.3 Å². The first-order valence-corrected chi connectivity index (χ1v) is 40.9. The lowest BCUT2D eigenvalue weighted by molar-refractivity contribution is 0.00578. The van der Waals surface area contributed by atoms with E-state index in [4.69, 9.17) is 9.31 Å². The Morgan fingerprint density at radius 2 is 0.625 bits per heavy atom. The van der Waals surface area contributed by atoms with E-state index in [-0.39, 0.29) is 0 Å². The number of hydrogen-bond donors (Lipinski definition) is 0. The zero-order valence-corrected chi connectivity index (χ0v) is 67.7. The van der Waals surface area contributed by atoms with Gasteiger partial charge in [-0.15, -0.1) is 0 Å². The van der Waals surface area contributed by atoms with Crippen molar-refractivity contribution in [1.82, 2.24) is 9.13 Å². The minimum absolute atomic E-state index is 0.399. The summed E-state index contributed by atoms with van der Waals surface area (Å²) in [7, 11) is -0.417. The fourth-order valence-electron chi connectivity index (χ4n) is 17.8. The van der Waals surface area contributed by atoms with Gasteiger partial charge in [-0.05, 0) is 245 Å². The molecule has 3 aliphatic rings. The molecule has 0 radical (unpaired) electrons. The summed E-state index contributed by atoms with van der Waals surface area (Å²) >= 11 is 9.43. The fraction of sp³-hybridized carbons (Fsp3) is 0.0769. The Hall–Kier alpha value is -11.2. The molecule has 2 aromatic heterocycles. The Balaban J connectivity index is 0.000000137. The molecule has 16 aromatic carbocycles. The molecule has 0 amide bonds. The highest BCUT2D eigenvalue weighted by Crippen LogP contribution is 2.59. The van der Waals surface area contributed by atoms with Gasteiger partial charge < -0.3 is 18.4 Å². The number of halogens is 3. The van der Waals surface area contributed by atoms with E-state index in [1.165, 1.54) is 141 Å². The Morgan fingerprint density at radius 1 is 0.268 bits per heavy atom. The molecule has 0 saturated carbocycles. The average molecular weight is 1680 g/mol. The Morgan fingerprint density at radius 3 is 1.07 bits per heavy atom. The van der Waals surface area contributed by atoms with Crippen molar-refractivity contribution in [1.29, 1.82) is 0 Å². The summed E-state index contributed by atoms with van der Waals surface area (Å²) in [5.41, 5.74) is 28.9. The zero-order valence-electron chi connectivity index (χ0n) is 62.4. The van der Waals surface area contributed by atoms with Crippen LogP contribution in [0.3, 0.4) is 0 Å². The standard InChI is InChI=1S/C49H40BNO2.C49H32BrN.C6H4BrI/c1-47(2)48(3,4)53-50(52-47)37-21-15-16-33(30-37)34-26-28-42-41-23-12-14-25-45(41)51(46(42)31-34)38-27-29-40-39-22-11-13-24-43(39)49(44(40)32-38,35-17-7-5-8-18-35)36-19-9-6-10-20-36;50-46-24-11-8-20-39(46)35-15-13-14-33(30-35)34-26-28-43-42-22-9-12-25-47(42)51(48(43)31-34)38-27-29-41-40-21-7-10-23-44(40)49(45(41)32-38,36-16-3-1-4-17-36)37-18-5-2-6-19-37;7-5-3-1-2-4-6(5)8/h5-32H,1-4H3;1-32H;1-4H. The molecule has 1 aliphatic heterocycles. The van der Waals surface area contributed by atoms with Gasteiger partial charge in [0.25, 0.3) is 0 Å². The minimum Gasteiger partial charge on any atom is -0.399 e. The van der Waals surface area contributed by atoms with Gasteiger partial charge in [0, 0.05) is 45.4 Å². The van der Waals surface area contributed by atoms with Crippen LogP contribution in [-0.2, 0) is 20.1 Å². The summed E-state index contributed by atoms with van der Waals surface area (Å²) in [4.78, 5) is 0. The predicted octanol–water partition coefficient (Wildman–Crippen LogP) is 27.4. The van der Waals surface area contributed by atoms with Crippen molar-refractivity contribution >= 4 is 111 Å². The third kappa shape index (κ3) is 11.9. The number of para-hydroxylation sites is 2. The van der Waals surface area contributed by atoms with E-state index in [9.17, 15) is 0 Å². The van der Waals surface area contributed by atoms with E-state index in [0.717, 1.165) is 32.4 Å². The van der Waals surface area contributed by atoms with Gasteiger partial charge in [0.1, 0.15) is 0 Å². The minimum atomic E-state index is -0.470. The van der Waals surface area contributed by atoms with Crippen molar-refractivity contribution in [3.05, 3.63) is 445 Å². The molecule has 1 fully saturated rings. The van der Waals surface area contributed by atoms with Crippen LogP contribution in [0.2, 0.25) is 0 Å². The van der Waals surface area contributed by atoms with Crippen LogP contribution in [0, 0.1) is 3.57 Å². The second-order valence-corrected chi connectivity index (χ2v) is 33.2. The second-order valence-electron chi connectivity index (χ2n) is 30.4. The van der Waals surface area contributed by atoms with Crippen molar-refractivity contribution < 1.29 is 9.31 Å². The normalized spacial score (nSPS) is 14.4. The molecule has 1 saturated heterocycles. The summed E-state index contributed by atoms with van der Waals surface area (Å²) in [5.74, 6) is 0. The van der Waals surface area contributed by atoms with E-state index >= 15 is 0 Å². The van der Waals surface area contributed by atoms with Crippen molar-refractivity contribution in [2.75, 3.05) is 0 Å². The maximum Gasteiger partial charge on any atom is 0.494 e. The molecule has 21 rings (SSSR count). The van der Waals surface area contributed by atoms with Gasteiger partial charge in [-0.1, -0.05) is 331 Å². The molecule has 8 heteroatoms. The van der Waals surface area contributed by atoms with Gasteiger partial charge in [0.2, 0.25) is 0 Å². The molecule has 2 aliphatic carbocycles. The second kappa shape index (κ2) is 28.8. The van der Waals surface area contributed by atoms with Crippen molar-refractivity contribution in [2.45, 2.75) is 49.7 Å². The van der Waals surface area contributed by atoms with Gasteiger partial charge in [-0.2, -0.15) is 0 Å². The summed E-state index contributed by atoms with van der Waals surface area (Å²) in [5, 5.41) is 4.97. The molecule has 0 spiro atoms. The number of aromatic nitrogens is 2. The van der Waals surface area contributed by atoms with Crippen molar-refractivity contribution in [3.63, 3.8) is 0 Å². The number of fused-ring (bicyclic) bond motifs is 12. The van der Waals surface area contributed by atoms with Gasteiger partial charge in [-0.25, -0.2) is 0 Å². The summed E-state index contributed by atoms with van der Waals surface area (Å²) < 4.78 is 21.3. The van der Waals surface area contributed by atoms with Crippen LogP contribution in [0.4, 0.5) is 0 Å². The molecule has 18 aromatic rings. The predicted molar refractivity (Wildman–Crippen MR) is 483 cm³/mol. The van der Waals surface area contributed by atoms with E-state index in [1.54, 1.807) is 0 Å². The highest BCUT2D eigenvalue weighted by atomic mass is 127. The molecule has 0 N–H and O–H groups in total. The van der Waals surface area contributed by atoms with Crippen LogP contribution >= 0.6 is 54.5 Å². The summed E-state index contributed by atoms with van der Waals surface area (Å²) in [6.07, 6.45) is 0. The molecule has 112 heavy (non-hydrogen) atoms. The van der Waals surface area contributed by atoms with E-state index in [0.29, 0.717) is 0 Å². The van der Waals surface area contributed by atoms with Crippen molar-refractivity contribution in [2.24, 2.45) is 0 Å². The number of rotatable bonds is 10. The Bertz CT molecular complexity index is 6530. The maximum absolute atomic E-state index is 6.44. The number of nitrogens with zero attached hydrogens (tertiary/aromatic N) is 2. The first-order chi connectivity index (χ1) is 54.8. The third-order valence-corrected chi connectivity index (χ3v) is 26.8. The molecule has 0 unspecified atom stereocenters. The summed E-state index contributed by atoms with van der Waals surface area (Å²) in [6, 6.07) is 142. The molecule has 538 valence electrons. The molecule has 3 heterocycles. The number of hydrogen-bond acceptors (Lipinski definition) is 2. The first kappa shape index (κ1) is 71.1. The molecule has 0 bridgehead atoms. The first-order valence-electron chi connectivity index (χ1n) is 38.3. The van der Waals surface area contributed by atoms with Crippen LogP contribution in [0.15, 0.2) is 397 Å². The highest BCUT2D eigenvalue weighted by Gasteiger charge is 2.52. The lowest BCUT2D eigenvalue weighted by atomic mass is 9.67. The largest absolute Gasteiger partial charge is 0.494 e. The van der Waals surface area contributed by atoms with E-state index in [2.05, 4.69) is 461 Å². The number of benzene rings is 16. The quantitative estimate of drug-likeness (QED) is 0.101. The van der Waals surface area contributed by atoms with Crippen LogP contribution in [0.5, 0.6) is 0 Å². The van der Waals surface area contributed by atoms with Crippen LogP contribution in [0.1, 0.15) is 72.2 Å². The highest BCUT2D eigenvalue weighted by molar-refractivity contribution is 14.1. The SMILES string of the molecule is Brc1ccccc1-c1cccc(-c2ccc3c4ccccc4n(-c4ccc5c(c4)C(c4ccccc4)(c4ccccc4)c4ccccc4-5)c3c2)c1.Brc1ccccc1I.CC1(C)OB(c2cccc(-c3ccc4c5ccccc5n(-c5ccc6c(c5)C(c5ccccc5)(c5ccccc5)c5ccccc5-6)c4c3)c2)OC1(C)C. The smallest absolute Gasteiger partial charge is 0.399 e. The average Bonchev–Trinajstić information content (AvgIpc) is 1.53. The fourth-order valence-corrected chi connectivity index (χ4v) is 19.0.